The van der Waals surface area contributed by atoms with E-state index in [0.717, 1.165) is 22.3 Å². The monoisotopic (exact) mass is 251 g/mol. The molecule has 1 aromatic carbocycles. The van der Waals surface area contributed by atoms with Crippen molar-refractivity contribution in [2.45, 2.75) is 6.61 Å². The summed E-state index contributed by atoms with van der Waals surface area (Å²) in [5, 5.41) is 0.904. The molecule has 3 aromatic rings. The molecule has 19 heavy (non-hydrogen) atoms. The normalized spacial score (nSPS) is 10.5. The van der Waals surface area contributed by atoms with E-state index < -0.39 is 0 Å². The van der Waals surface area contributed by atoms with E-state index >= 15 is 0 Å². The molecule has 0 saturated carbocycles. The highest BCUT2D eigenvalue weighted by atomic mass is 16.5. The van der Waals surface area contributed by atoms with Crippen LogP contribution in [0.15, 0.2) is 54.9 Å². The number of anilines is 1. The predicted molar refractivity (Wildman–Crippen MR) is 74.7 cm³/mol. The van der Waals surface area contributed by atoms with E-state index in [1.54, 1.807) is 12.4 Å². The van der Waals surface area contributed by atoms with Crippen LogP contribution in [0.2, 0.25) is 0 Å². The SMILES string of the molecule is Nc1ccc(OCc2ccccn2)c2ncccc12. The van der Waals surface area contributed by atoms with Gasteiger partial charge in [0.15, 0.2) is 0 Å². The van der Waals surface area contributed by atoms with Gasteiger partial charge in [-0.25, -0.2) is 0 Å². The summed E-state index contributed by atoms with van der Waals surface area (Å²) in [6.45, 7) is 0.413. The van der Waals surface area contributed by atoms with Gasteiger partial charge in [-0.1, -0.05) is 6.07 Å². The van der Waals surface area contributed by atoms with Crippen molar-refractivity contribution in [1.29, 1.82) is 0 Å². The van der Waals surface area contributed by atoms with Gasteiger partial charge in [0.2, 0.25) is 0 Å². The second-order valence-corrected chi connectivity index (χ2v) is 4.16. The van der Waals surface area contributed by atoms with Crippen LogP contribution in [0.4, 0.5) is 5.69 Å². The Morgan fingerprint density at radius 3 is 2.68 bits per heavy atom. The minimum Gasteiger partial charge on any atom is -0.485 e. The Kier molecular flexibility index (Phi) is 2.98. The van der Waals surface area contributed by atoms with Crippen LogP contribution in [0.25, 0.3) is 10.9 Å². The molecule has 0 bridgehead atoms. The zero-order chi connectivity index (χ0) is 13.1. The van der Waals surface area contributed by atoms with Gasteiger partial charge in [-0.3, -0.25) is 9.97 Å². The van der Waals surface area contributed by atoms with Crippen LogP contribution < -0.4 is 10.5 Å². The van der Waals surface area contributed by atoms with Crippen molar-refractivity contribution in [3.8, 4) is 5.75 Å². The molecular formula is C15H13N3O. The molecule has 2 aromatic heterocycles. The second-order valence-electron chi connectivity index (χ2n) is 4.16. The summed E-state index contributed by atoms with van der Waals surface area (Å²) < 4.78 is 5.78. The molecule has 2 heterocycles. The summed E-state index contributed by atoms with van der Waals surface area (Å²) in [6.07, 6.45) is 3.48. The lowest BCUT2D eigenvalue weighted by atomic mass is 10.1. The van der Waals surface area contributed by atoms with Gasteiger partial charge in [0.05, 0.1) is 5.69 Å². The first-order chi connectivity index (χ1) is 9.34. The van der Waals surface area contributed by atoms with Crippen molar-refractivity contribution < 1.29 is 4.74 Å². The highest BCUT2D eigenvalue weighted by Crippen LogP contribution is 2.28. The quantitative estimate of drug-likeness (QED) is 0.727. The Morgan fingerprint density at radius 2 is 1.84 bits per heavy atom. The molecule has 0 amide bonds. The van der Waals surface area contributed by atoms with E-state index in [4.69, 9.17) is 10.5 Å². The van der Waals surface area contributed by atoms with Crippen LogP contribution in [0.1, 0.15) is 5.69 Å². The number of benzene rings is 1. The Balaban J connectivity index is 1.91. The summed E-state index contributed by atoms with van der Waals surface area (Å²) >= 11 is 0. The van der Waals surface area contributed by atoms with Gasteiger partial charge in [0.25, 0.3) is 0 Å². The molecule has 94 valence electrons. The molecular weight excluding hydrogens is 238 g/mol. The molecule has 0 unspecified atom stereocenters. The number of pyridine rings is 2. The van der Waals surface area contributed by atoms with E-state index in [1.165, 1.54) is 0 Å². The van der Waals surface area contributed by atoms with Gasteiger partial charge in [-0.15, -0.1) is 0 Å². The third-order valence-corrected chi connectivity index (χ3v) is 2.87. The van der Waals surface area contributed by atoms with Gasteiger partial charge < -0.3 is 10.5 Å². The van der Waals surface area contributed by atoms with Gasteiger partial charge >= 0.3 is 0 Å². The number of rotatable bonds is 3. The number of ether oxygens (including phenoxy) is 1. The molecule has 0 atom stereocenters. The predicted octanol–water partition coefficient (Wildman–Crippen LogP) is 2.79. The summed E-state index contributed by atoms with van der Waals surface area (Å²) in [7, 11) is 0. The summed E-state index contributed by atoms with van der Waals surface area (Å²) in [5.74, 6) is 0.718. The number of aromatic nitrogens is 2. The number of hydrogen-bond donors (Lipinski definition) is 1. The largest absolute Gasteiger partial charge is 0.485 e. The molecule has 0 aliphatic rings. The van der Waals surface area contributed by atoms with Crippen LogP contribution >= 0.6 is 0 Å². The van der Waals surface area contributed by atoms with Crippen LogP contribution in [-0.4, -0.2) is 9.97 Å². The first kappa shape index (κ1) is 11.5. The maximum atomic E-state index is 5.92. The Labute approximate surface area is 110 Å². The molecule has 0 aliphatic carbocycles. The average molecular weight is 251 g/mol. The number of nitrogens with two attached hydrogens (primary N) is 1. The lowest BCUT2D eigenvalue weighted by Gasteiger charge is -2.09. The second kappa shape index (κ2) is 4.94. The van der Waals surface area contributed by atoms with E-state index in [0.29, 0.717) is 12.3 Å². The van der Waals surface area contributed by atoms with Gasteiger partial charge in [0.1, 0.15) is 17.9 Å². The minimum absolute atomic E-state index is 0.413. The van der Waals surface area contributed by atoms with Crippen molar-refractivity contribution in [3.63, 3.8) is 0 Å². The topological polar surface area (TPSA) is 61.0 Å². The molecule has 3 rings (SSSR count). The molecule has 2 N–H and O–H groups in total. The molecule has 4 nitrogen and oxygen atoms in total. The molecule has 0 spiro atoms. The summed E-state index contributed by atoms with van der Waals surface area (Å²) in [4.78, 5) is 8.55. The average Bonchev–Trinajstić information content (AvgIpc) is 2.48. The number of hydrogen-bond acceptors (Lipinski definition) is 4. The van der Waals surface area contributed by atoms with Crippen LogP contribution in [0.3, 0.4) is 0 Å². The zero-order valence-corrected chi connectivity index (χ0v) is 10.3. The first-order valence-corrected chi connectivity index (χ1v) is 6.00. The minimum atomic E-state index is 0.413. The highest BCUT2D eigenvalue weighted by Gasteiger charge is 2.06. The van der Waals surface area contributed by atoms with Crippen molar-refractivity contribution in [3.05, 3.63) is 60.6 Å². The lowest BCUT2D eigenvalue weighted by molar-refractivity contribution is 0.304. The zero-order valence-electron chi connectivity index (χ0n) is 10.3. The Hall–Kier alpha value is -2.62. The highest BCUT2D eigenvalue weighted by molar-refractivity contribution is 5.94. The first-order valence-electron chi connectivity index (χ1n) is 6.00. The van der Waals surface area contributed by atoms with Crippen LogP contribution in [0, 0.1) is 0 Å². The van der Waals surface area contributed by atoms with Crippen molar-refractivity contribution >= 4 is 16.6 Å². The smallest absolute Gasteiger partial charge is 0.146 e. The lowest BCUT2D eigenvalue weighted by Crippen LogP contribution is -1.99. The fraction of sp³-hybridized carbons (Fsp3) is 0.0667. The maximum absolute atomic E-state index is 5.92. The van der Waals surface area contributed by atoms with E-state index in [-0.39, 0.29) is 0 Å². The molecule has 0 saturated heterocycles. The van der Waals surface area contributed by atoms with Gasteiger partial charge in [0, 0.05) is 23.5 Å². The maximum Gasteiger partial charge on any atom is 0.146 e. The standard InChI is InChI=1S/C15H13N3O/c16-13-6-7-14(15-12(13)5-3-9-18-15)19-10-11-4-1-2-8-17-11/h1-9H,10,16H2. The van der Waals surface area contributed by atoms with Gasteiger partial charge in [-0.2, -0.15) is 0 Å². The fourth-order valence-electron chi connectivity index (χ4n) is 1.92. The van der Waals surface area contributed by atoms with Crippen molar-refractivity contribution in [2.24, 2.45) is 0 Å². The Morgan fingerprint density at radius 1 is 0.947 bits per heavy atom. The Bertz CT molecular complexity index is 698. The molecule has 0 aliphatic heterocycles. The molecule has 4 heteroatoms. The number of nitrogens with zero attached hydrogens (tertiary/aromatic N) is 2. The third-order valence-electron chi connectivity index (χ3n) is 2.87. The molecule has 0 radical (unpaired) electrons. The van der Waals surface area contributed by atoms with E-state index in [2.05, 4.69) is 9.97 Å². The van der Waals surface area contributed by atoms with Crippen molar-refractivity contribution in [2.75, 3.05) is 5.73 Å². The number of nitrogen functional groups attached to an aromatic ring is 1. The van der Waals surface area contributed by atoms with Crippen LogP contribution in [0.5, 0.6) is 5.75 Å². The van der Waals surface area contributed by atoms with E-state index in [9.17, 15) is 0 Å². The van der Waals surface area contributed by atoms with E-state index in [1.807, 2.05) is 42.5 Å². The van der Waals surface area contributed by atoms with Gasteiger partial charge in [-0.05, 0) is 36.4 Å². The van der Waals surface area contributed by atoms with Crippen LogP contribution in [-0.2, 0) is 6.61 Å². The molecule has 0 fully saturated rings. The number of fused-ring (bicyclic) bond motifs is 1. The van der Waals surface area contributed by atoms with Crippen molar-refractivity contribution in [1.82, 2.24) is 9.97 Å². The third kappa shape index (κ3) is 2.33. The summed E-state index contributed by atoms with van der Waals surface area (Å²) in [5.41, 5.74) is 8.28. The fourth-order valence-corrected chi connectivity index (χ4v) is 1.92. The summed E-state index contributed by atoms with van der Waals surface area (Å²) in [6, 6.07) is 13.2.